The maximum absolute atomic E-state index is 11.6. The number of carbonyl (C=O) groups excluding carboxylic acids is 1. The van der Waals surface area contributed by atoms with E-state index in [0.717, 1.165) is 67.2 Å². The number of pyridine rings is 1. The third-order valence-electron chi connectivity index (χ3n) is 6.45. The molecule has 1 aliphatic heterocycles. The van der Waals surface area contributed by atoms with Crippen LogP contribution in [-0.4, -0.2) is 61.3 Å². The van der Waals surface area contributed by atoms with Crippen LogP contribution in [0.5, 0.6) is 5.75 Å². The lowest BCUT2D eigenvalue weighted by atomic mass is 10.00. The Morgan fingerprint density at radius 3 is 2.52 bits per heavy atom. The topological polar surface area (TPSA) is 89.7 Å². The number of aryl methyl sites for hydroxylation is 3. The number of hydrogen-bond donors (Lipinski definition) is 2. The Kier molecular flexibility index (Phi) is 9.09. The zero-order chi connectivity index (χ0) is 23.8. The number of primary amides is 1. The Labute approximate surface area is 197 Å². The highest BCUT2D eigenvalue weighted by molar-refractivity contribution is 5.95. The van der Waals surface area contributed by atoms with E-state index in [-0.39, 0.29) is 0 Å². The predicted octanol–water partition coefficient (Wildman–Crippen LogP) is 3.72. The molecular formula is C26H38N4O3. The average Bonchev–Trinajstić information content (AvgIpc) is 2.78. The summed E-state index contributed by atoms with van der Waals surface area (Å²) in [5.41, 5.74) is 9.84. The molecular weight excluding hydrogens is 416 g/mol. The van der Waals surface area contributed by atoms with Gasteiger partial charge in [-0.1, -0.05) is 0 Å². The van der Waals surface area contributed by atoms with Crippen molar-refractivity contribution in [3.05, 3.63) is 52.8 Å². The minimum atomic E-state index is -0.403. The first-order valence-electron chi connectivity index (χ1n) is 11.9. The maximum Gasteiger partial charge on any atom is 0.250 e. The number of anilines is 1. The van der Waals surface area contributed by atoms with Crippen molar-refractivity contribution >= 4 is 11.6 Å². The number of likely N-dealkylation sites (tertiary alicyclic amines) is 1. The summed E-state index contributed by atoms with van der Waals surface area (Å²) in [6.07, 6.45) is 4.20. The van der Waals surface area contributed by atoms with Crippen LogP contribution >= 0.6 is 0 Å². The van der Waals surface area contributed by atoms with E-state index in [0.29, 0.717) is 30.9 Å². The van der Waals surface area contributed by atoms with Gasteiger partial charge in [0.2, 0.25) is 0 Å². The Hall–Kier alpha value is -2.64. The van der Waals surface area contributed by atoms with Crippen molar-refractivity contribution in [3.63, 3.8) is 0 Å². The van der Waals surface area contributed by atoms with E-state index in [4.69, 9.17) is 15.2 Å². The highest BCUT2D eigenvalue weighted by Gasteiger charge is 2.23. The lowest BCUT2D eigenvalue weighted by Crippen LogP contribution is -2.43. The van der Waals surface area contributed by atoms with E-state index in [2.05, 4.69) is 34.3 Å². The van der Waals surface area contributed by atoms with E-state index in [1.54, 1.807) is 7.11 Å². The third-order valence-corrected chi connectivity index (χ3v) is 6.45. The van der Waals surface area contributed by atoms with Crippen molar-refractivity contribution in [2.75, 3.05) is 38.7 Å². The summed E-state index contributed by atoms with van der Waals surface area (Å²) in [5.74, 6) is 0.464. The summed E-state index contributed by atoms with van der Waals surface area (Å²) in [6, 6.07) is 11.2. The molecule has 0 bridgehead atoms. The fourth-order valence-corrected chi connectivity index (χ4v) is 4.56. The van der Waals surface area contributed by atoms with Gasteiger partial charge in [0, 0.05) is 43.7 Å². The molecule has 1 aromatic carbocycles. The highest BCUT2D eigenvalue weighted by Crippen LogP contribution is 2.22. The second-order valence-electron chi connectivity index (χ2n) is 8.96. The van der Waals surface area contributed by atoms with E-state index >= 15 is 0 Å². The molecule has 33 heavy (non-hydrogen) atoms. The Balaban J connectivity index is 1.43. The Morgan fingerprint density at radius 2 is 1.91 bits per heavy atom. The summed E-state index contributed by atoms with van der Waals surface area (Å²) in [6.45, 7) is 9.42. The number of nitrogens with zero attached hydrogens (tertiary/aromatic N) is 2. The van der Waals surface area contributed by atoms with Gasteiger partial charge in [0.25, 0.3) is 5.91 Å². The number of aromatic nitrogens is 1. The molecule has 1 amide bonds. The number of benzene rings is 1. The summed E-state index contributed by atoms with van der Waals surface area (Å²) >= 11 is 0. The Bertz CT molecular complexity index is 885. The molecule has 1 aliphatic rings. The molecule has 0 aliphatic carbocycles. The quantitative estimate of drug-likeness (QED) is 0.503. The molecule has 7 nitrogen and oxygen atoms in total. The number of nitrogens with two attached hydrogens (primary N) is 1. The van der Waals surface area contributed by atoms with Crippen LogP contribution < -0.4 is 15.8 Å². The number of methoxy groups -OCH3 is 1. The second-order valence-corrected chi connectivity index (χ2v) is 8.96. The van der Waals surface area contributed by atoms with Crippen molar-refractivity contribution in [3.8, 4) is 5.75 Å². The van der Waals surface area contributed by atoms with E-state index < -0.39 is 5.91 Å². The van der Waals surface area contributed by atoms with Gasteiger partial charge >= 0.3 is 0 Å². The van der Waals surface area contributed by atoms with E-state index in [9.17, 15) is 4.79 Å². The number of piperidine rings is 1. The van der Waals surface area contributed by atoms with Crippen LogP contribution in [0.1, 0.15) is 53.5 Å². The van der Waals surface area contributed by atoms with Crippen LogP contribution in [0, 0.1) is 13.8 Å². The van der Waals surface area contributed by atoms with Crippen LogP contribution in [-0.2, 0) is 11.2 Å². The lowest BCUT2D eigenvalue weighted by molar-refractivity contribution is 0.0998. The lowest BCUT2D eigenvalue weighted by Gasteiger charge is -2.36. The summed E-state index contributed by atoms with van der Waals surface area (Å²) in [7, 11) is 1.67. The average molecular weight is 455 g/mol. The second kappa shape index (κ2) is 12.0. The van der Waals surface area contributed by atoms with Crippen molar-refractivity contribution in [2.45, 2.75) is 58.5 Å². The van der Waals surface area contributed by atoms with E-state index in [1.165, 1.54) is 0 Å². The van der Waals surface area contributed by atoms with Crippen molar-refractivity contribution in [1.82, 2.24) is 9.88 Å². The first-order valence-corrected chi connectivity index (χ1v) is 11.9. The number of ether oxygens (including phenoxy) is 2. The molecule has 1 saturated heterocycles. The molecule has 7 heteroatoms. The first kappa shape index (κ1) is 25.0. The zero-order valence-electron chi connectivity index (χ0n) is 20.4. The molecule has 2 aromatic rings. The summed E-state index contributed by atoms with van der Waals surface area (Å²) < 4.78 is 10.6. The molecule has 1 atom stereocenters. The minimum absolute atomic E-state index is 0.403. The molecule has 3 N–H and O–H groups in total. The van der Waals surface area contributed by atoms with Gasteiger partial charge in [-0.2, -0.15) is 0 Å². The SMILES string of the molecule is COCCOc1ccc(NC2CCN([C@H](C)CCc3cc(C)c(C(N)=O)c(C)n3)CC2)cc1. The number of amides is 1. The standard InChI is InChI=1S/C26H38N4O3/c1-18-17-23(28-20(3)25(18)26(27)31)6-5-19(2)30-13-11-22(12-14-30)29-21-7-9-24(10-8-21)33-16-15-32-4/h7-10,17,19,22,29H,5-6,11-16H2,1-4H3,(H2,27,31)/t19-/m1/s1. The molecule has 2 heterocycles. The smallest absolute Gasteiger partial charge is 0.250 e. The fraction of sp³-hybridized carbons (Fsp3) is 0.538. The monoisotopic (exact) mass is 454 g/mol. The molecule has 0 radical (unpaired) electrons. The van der Waals surface area contributed by atoms with Gasteiger partial charge in [-0.3, -0.25) is 9.78 Å². The number of carbonyl (C=O) groups is 1. The molecule has 180 valence electrons. The molecule has 0 spiro atoms. The van der Waals surface area contributed by atoms with Gasteiger partial charge in [-0.05, 0) is 82.3 Å². The van der Waals surface area contributed by atoms with Crippen LogP contribution in [0.4, 0.5) is 5.69 Å². The molecule has 1 fully saturated rings. The van der Waals surface area contributed by atoms with Crippen molar-refractivity contribution in [1.29, 1.82) is 0 Å². The molecule has 3 rings (SSSR count). The van der Waals surface area contributed by atoms with Crippen LogP contribution in [0.25, 0.3) is 0 Å². The van der Waals surface area contributed by atoms with Crippen LogP contribution in [0.3, 0.4) is 0 Å². The van der Waals surface area contributed by atoms with Gasteiger partial charge in [0.1, 0.15) is 12.4 Å². The fourth-order valence-electron chi connectivity index (χ4n) is 4.56. The Morgan fingerprint density at radius 1 is 1.21 bits per heavy atom. The zero-order valence-corrected chi connectivity index (χ0v) is 20.4. The molecule has 1 aromatic heterocycles. The van der Waals surface area contributed by atoms with Crippen molar-refractivity contribution in [2.24, 2.45) is 5.73 Å². The van der Waals surface area contributed by atoms with Gasteiger partial charge in [-0.25, -0.2) is 0 Å². The molecule has 0 saturated carbocycles. The van der Waals surface area contributed by atoms with Gasteiger partial charge < -0.3 is 25.4 Å². The number of rotatable bonds is 11. The van der Waals surface area contributed by atoms with E-state index in [1.807, 2.05) is 32.0 Å². The predicted molar refractivity (Wildman–Crippen MR) is 132 cm³/mol. The summed E-state index contributed by atoms with van der Waals surface area (Å²) in [5, 5.41) is 3.66. The van der Waals surface area contributed by atoms with Crippen LogP contribution in [0.15, 0.2) is 30.3 Å². The number of hydrogen-bond acceptors (Lipinski definition) is 6. The number of nitrogens with one attached hydrogen (secondary N) is 1. The minimum Gasteiger partial charge on any atom is -0.491 e. The molecule has 0 unspecified atom stereocenters. The summed E-state index contributed by atoms with van der Waals surface area (Å²) in [4.78, 5) is 18.8. The van der Waals surface area contributed by atoms with Gasteiger partial charge in [0.15, 0.2) is 0 Å². The normalized spacial score (nSPS) is 15.9. The largest absolute Gasteiger partial charge is 0.491 e. The highest BCUT2D eigenvalue weighted by atomic mass is 16.5. The maximum atomic E-state index is 11.6. The van der Waals surface area contributed by atoms with Crippen LogP contribution in [0.2, 0.25) is 0 Å². The first-order chi connectivity index (χ1) is 15.9. The van der Waals surface area contributed by atoms with Gasteiger partial charge in [-0.15, -0.1) is 0 Å². The van der Waals surface area contributed by atoms with Gasteiger partial charge in [0.05, 0.1) is 17.9 Å². The third kappa shape index (κ3) is 7.17. The van der Waals surface area contributed by atoms with Crippen molar-refractivity contribution < 1.29 is 14.3 Å².